The fourth-order valence-corrected chi connectivity index (χ4v) is 4.36. The summed E-state index contributed by atoms with van der Waals surface area (Å²) in [4.78, 5) is 26.5. The van der Waals surface area contributed by atoms with Crippen molar-refractivity contribution in [3.63, 3.8) is 0 Å². The molecule has 2 heterocycles. The average molecular weight is 293 g/mol. The highest BCUT2D eigenvalue weighted by Crippen LogP contribution is 2.33. The van der Waals surface area contributed by atoms with Gasteiger partial charge in [0, 0.05) is 19.6 Å². The number of likely N-dealkylation sites (tertiary alicyclic amines) is 1. The van der Waals surface area contributed by atoms with E-state index in [1.54, 1.807) is 11.9 Å². The molecule has 5 nitrogen and oxygen atoms in total. The molecule has 118 valence electrons. The summed E-state index contributed by atoms with van der Waals surface area (Å²) >= 11 is 0. The fourth-order valence-electron chi connectivity index (χ4n) is 4.36. The number of hydrogen-bond donors (Lipinski definition) is 2. The van der Waals surface area contributed by atoms with Gasteiger partial charge < -0.3 is 15.5 Å². The molecule has 1 aliphatic carbocycles. The SMILES string of the molecule is CNC(=O)C1CCCN1C(=O)C1CCC2CCCCC2N1. The molecule has 0 aromatic carbocycles. The Morgan fingerprint density at radius 3 is 2.67 bits per heavy atom. The van der Waals surface area contributed by atoms with E-state index in [4.69, 9.17) is 0 Å². The standard InChI is InChI=1S/C16H27N3O2/c1-17-15(20)14-7-4-10-19(14)16(21)13-9-8-11-5-2-3-6-12(11)18-13/h11-14,18H,2-10H2,1H3,(H,17,20). The Balaban J connectivity index is 1.63. The van der Waals surface area contributed by atoms with Crippen molar-refractivity contribution in [2.24, 2.45) is 5.92 Å². The molecule has 0 spiro atoms. The van der Waals surface area contributed by atoms with Crippen LogP contribution in [0.4, 0.5) is 0 Å². The van der Waals surface area contributed by atoms with E-state index >= 15 is 0 Å². The number of fused-ring (bicyclic) bond motifs is 1. The number of carbonyl (C=O) groups is 2. The van der Waals surface area contributed by atoms with Crippen molar-refractivity contribution in [1.29, 1.82) is 0 Å². The second-order valence-corrected chi connectivity index (χ2v) is 6.75. The van der Waals surface area contributed by atoms with Gasteiger partial charge in [-0.25, -0.2) is 0 Å². The minimum atomic E-state index is -0.256. The molecule has 3 fully saturated rings. The molecule has 2 saturated heterocycles. The third-order valence-electron chi connectivity index (χ3n) is 5.53. The second kappa shape index (κ2) is 6.34. The van der Waals surface area contributed by atoms with E-state index in [-0.39, 0.29) is 23.9 Å². The number of carbonyl (C=O) groups excluding carboxylic acids is 2. The first-order chi connectivity index (χ1) is 10.2. The van der Waals surface area contributed by atoms with Gasteiger partial charge in [-0.3, -0.25) is 9.59 Å². The highest BCUT2D eigenvalue weighted by Gasteiger charge is 2.40. The summed E-state index contributed by atoms with van der Waals surface area (Å²) in [5, 5.41) is 6.27. The first kappa shape index (κ1) is 14.8. The highest BCUT2D eigenvalue weighted by atomic mass is 16.2. The molecule has 4 atom stereocenters. The van der Waals surface area contributed by atoms with Crippen LogP contribution in [-0.4, -0.2) is 48.4 Å². The molecule has 0 bridgehead atoms. The van der Waals surface area contributed by atoms with Gasteiger partial charge in [0.25, 0.3) is 0 Å². The summed E-state index contributed by atoms with van der Waals surface area (Å²) < 4.78 is 0. The minimum Gasteiger partial charge on any atom is -0.357 e. The van der Waals surface area contributed by atoms with Crippen molar-refractivity contribution < 1.29 is 9.59 Å². The normalized spacial score (nSPS) is 36.1. The average Bonchev–Trinajstić information content (AvgIpc) is 3.02. The number of amides is 2. The Kier molecular flexibility index (Phi) is 4.48. The molecule has 4 unspecified atom stereocenters. The van der Waals surface area contributed by atoms with Gasteiger partial charge in [0.1, 0.15) is 6.04 Å². The second-order valence-electron chi connectivity index (χ2n) is 6.75. The van der Waals surface area contributed by atoms with Crippen molar-refractivity contribution in [1.82, 2.24) is 15.5 Å². The zero-order valence-corrected chi connectivity index (χ0v) is 12.9. The third kappa shape index (κ3) is 2.93. The molecular weight excluding hydrogens is 266 g/mol. The van der Waals surface area contributed by atoms with Crippen LogP contribution in [0.25, 0.3) is 0 Å². The Bertz CT molecular complexity index is 412. The van der Waals surface area contributed by atoms with E-state index in [1.165, 1.54) is 25.7 Å². The monoisotopic (exact) mass is 293 g/mol. The summed E-state index contributed by atoms with van der Waals surface area (Å²) in [6.45, 7) is 0.725. The van der Waals surface area contributed by atoms with Gasteiger partial charge in [-0.1, -0.05) is 12.8 Å². The summed E-state index contributed by atoms with van der Waals surface area (Å²) in [5.74, 6) is 0.883. The number of piperidine rings is 1. The van der Waals surface area contributed by atoms with Crippen molar-refractivity contribution in [2.75, 3.05) is 13.6 Å². The lowest BCUT2D eigenvalue weighted by Gasteiger charge is -2.41. The molecule has 0 aromatic heterocycles. The lowest BCUT2D eigenvalue weighted by molar-refractivity contribution is -0.141. The zero-order valence-electron chi connectivity index (χ0n) is 12.9. The molecule has 2 amide bonds. The van der Waals surface area contributed by atoms with E-state index in [1.807, 2.05) is 0 Å². The molecule has 0 radical (unpaired) electrons. The van der Waals surface area contributed by atoms with Gasteiger partial charge in [-0.2, -0.15) is 0 Å². The van der Waals surface area contributed by atoms with Gasteiger partial charge in [0.15, 0.2) is 0 Å². The zero-order chi connectivity index (χ0) is 14.8. The first-order valence-corrected chi connectivity index (χ1v) is 8.49. The van der Waals surface area contributed by atoms with Gasteiger partial charge in [-0.15, -0.1) is 0 Å². The summed E-state index contributed by atoms with van der Waals surface area (Å²) in [5.41, 5.74) is 0. The van der Waals surface area contributed by atoms with Gasteiger partial charge in [0.05, 0.1) is 6.04 Å². The lowest BCUT2D eigenvalue weighted by atomic mass is 9.77. The lowest BCUT2D eigenvalue weighted by Crippen LogP contribution is -2.57. The predicted molar refractivity (Wildman–Crippen MR) is 80.7 cm³/mol. The predicted octanol–water partition coefficient (Wildman–Crippen LogP) is 1.03. The highest BCUT2D eigenvalue weighted by molar-refractivity contribution is 5.90. The Morgan fingerprint density at radius 1 is 1.05 bits per heavy atom. The van der Waals surface area contributed by atoms with E-state index in [9.17, 15) is 9.59 Å². The molecule has 2 aliphatic heterocycles. The Hall–Kier alpha value is -1.10. The number of nitrogens with one attached hydrogen (secondary N) is 2. The maximum atomic E-state index is 12.8. The van der Waals surface area contributed by atoms with Crippen LogP contribution < -0.4 is 10.6 Å². The van der Waals surface area contributed by atoms with Crippen LogP contribution in [0.1, 0.15) is 51.4 Å². The Morgan fingerprint density at radius 2 is 1.86 bits per heavy atom. The molecule has 21 heavy (non-hydrogen) atoms. The maximum absolute atomic E-state index is 12.8. The molecule has 2 N–H and O–H groups in total. The molecule has 3 aliphatic rings. The molecule has 3 rings (SSSR count). The van der Waals surface area contributed by atoms with Crippen molar-refractivity contribution in [2.45, 2.75) is 69.5 Å². The van der Waals surface area contributed by atoms with E-state index < -0.39 is 0 Å². The molecule has 5 heteroatoms. The topological polar surface area (TPSA) is 61.4 Å². The third-order valence-corrected chi connectivity index (χ3v) is 5.53. The van der Waals surface area contributed by atoms with Crippen LogP contribution in [0.5, 0.6) is 0 Å². The molecule has 0 aromatic rings. The first-order valence-electron chi connectivity index (χ1n) is 8.49. The van der Waals surface area contributed by atoms with Gasteiger partial charge >= 0.3 is 0 Å². The van der Waals surface area contributed by atoms with Crippen LogP contribution in [0.3, 0.4) is 0 Å². The number of hydrogen-bond acceptors (Lipinski definition) is 3. The van der Waals surface area contributed by atoms with Crippen LogP contribution in [-0.2, 0) is 9.59 Å². The molecular formula is C16H27N3O2. The summed E-state index contributed by atoms with van der Waals surface area (Å²) in [6, 6.07) is 0.186. The smallest absolute Gasteiger partial charge is 0.242 e. The van der Waals surface area contributed by atoms with Gasteiger partial charge in [0.2, 0.25) is 11.8 Å². The number of nitrogens with zero attached hydrogens (tertiary/aromatic N) is 1. The van der Waals surface area contributed by atoms with E-state index in [0.717, 1.165) is 38.1 Å². The van der Waals surface area contributed by atoms with Crippen molar-refractivity contribution >= 4 is 11.8 Å². The number of rotatable bonds is 2. The van der Waals surface area contributed by atoms with Crippen LogP contribution in [0.15, 0.2) is 0 Å². The van der Waals surface area contributed by atoms with Crippen molar-refractivity contribution in [3.8, 4) is 0 Å². The van der Waals surface area contributed by atoms with Crippen LogP contribution in [0, 0.1) is 5.92 Å². The largest absolute Gasteiger partial charge is 0.357 e. The van der Waals surface area contributed by atoms with Crippen LogP contribution >= 0.6 is 0 Å². The summed E-state index contributed by atoms with van der Waals surface area (Å²) in [7, 11) is 1.65. The minimum absolute atomic E-state index is 0.0211. The molecule has 1 saturated carbocycles. The van der Waals surface area contributed by atoms with Crippen LogP contribution in [0.2, 0.25) is 0 Å². The maximum Gasteiger partial charge on any atom is 0.242 e. The summed E-state index contributed by atoms with van der Waals surface area (Å²) in [6.07, 6.45) is 8.94. The fraction of sp³-hybridized carbons (Fsp3) is 0.875. The quantitative estimate of drug-likeness (QED) is 0.799. The van der Waals surface area contributed by atoms with Gasteiger partial charge in [-0.05, 0) is 44.4 Å². The van der Waals surface area contributed by atoms with Crippen molar-refractivity contribution in [3.05, 3.63) is 0 Å². The number of likely N-dealkylation sites (N-methyl/N-ethyl adjacent to an activating group) is 1. The van der Waals surface area contributed by atoms with E-state index in [0.29, 0.717) is 6.04 Å². The van der Waals surface area contributed by atoms with E-state index in [2.05, 4.69) is 10.6 Å². The Labute approximate surface area is 126 Å².